The van der Waals surface area contributed by atoms with Gasteiger partial charge < -0.3 is 9.47 Å². The van der Waals surface area contributed by atoms with Crippen LogP contribution in [0.2, 0.25) is 0 Å². The van der Waals surface area contributed by atoms with Gasteiger partial charge in [-0.3, -0.25) is 0 Å². The minimum atomic E-state index is -0.499. The molecule has 0 aliphatic rings. The van der Waals surface area contributed by atoms with Crippen LogP contribution in [-0.2, 0) is 9.47 Å². The van der Waals surface area contributed by atoms with Crippen molar-refractivity contribution in [2.45, 2.75) is 33.3 Å². The first-order valence-corrected chi connectivity index (χ1v) is 6.17. The van der Waals surface area contributed by atoms with Crippen LogP contribution >= 0.6 is 0 Å². The lowest BCUT2D eigenvalue weighted by Gasteiger charge is -2.13. The lowest BCUT2D eigenvalue weighted by atomic mass is 10.1. The molecule has 0 saturated heterocycles. The van der Waals surface area contributed by atoms with Crippen molar-refractivity contribution in [3.8, 4) is 0 Å². The normalized spacial score (nSPS) is 12.2. The Morgan fingerprint density at radius 1 is 1.33 bits per heavy atom. The van der Waals surface area contributed by atoms with Gasteiger partial charge in [0.15, 0.2) is 0 Å². The van der Waals surface area contributed by atoms with Crippen LogP contribution in [0, 0.1) is 5.82 Å². The molecule has 1 atom stereocenters. The molecule has 0 bridgehead atoms. The molecule has 18 heavy (non-hydrogen) atoms. The Kier molecular flexibility index (Phi) is 5.78. The van der Waals surface area contributed by atoms with Gasteiger partial charge in [0.2, 0.25) is 0 Å². The molecule has 1 aromatic carbocycles. The number of hydrogen-bond donors (Lipinski definition) is 0. The molecular weight excluding hydrogens is 235 g/mol. The lowest BCUT2D eigenvalue weighted by Crippen LogP contribution is -2.08. The van der Waals surface area contributed by atoms with Crippen LogP contribution in [0.4, 0.5) is 4.39 Å². The third-order valence-electron chi connectivity index (χ3n) is 2.48. The zero-order valence-corrected chi connectivity index (χ0v) is 11.0. The summed E-state index contributed by atoms with van der Waals surface area (Å²) in [4.78, 5) is 11.7. The second-order valence-electron chi connectivity index (χ2n) is 4.01. The highest BCUT2D eigenvalue weighted by Gasteiger charge is 2.13. The molecular formula is C14H19FO3. The zero-order chi connectivity index (χ0) is 13.5. The van der Waals surface area contributed by atoms with Crippen molar-refractivity contribution >= 4 is 5.97 Å². The van der Waals surface area contributed by atoms with Gasteiger partial charge in [-0.2, -0.15) is 0 Å². The van der Waals surface area contributed by atoms with Crippen molar-refractivity contribution in [3.05, 3.63) is 35.1 Å². The minimum absolute atomic E-state index is 0.227. The molecule has 0 spiro atoms. The Balaban J connectivity index is 2.89. The van der Waals surface area contributed by atoms with Crippen LogP contribution in [0.5, 0.6) is 0 Å². The van der Waals surface area contributed by atoms with Crippen LogP contribution in [-0.4, -0.2) is 19.2 Å². The third kappa shape index (κ3) is 4.11. The van der Waals surface area contributed by atoms with Gasteiger partial charge in [-0.1, -0.05) is 6.92 Å². The molecule has 0 aromatic heterocycles. The van der Waals surface area contributed by atoms with Crippen molar-refractivity contribution in [1.82, 2.24) is 0 Å². The smallest absolute Gasteiger partial charge is 0.338 e. The van der Waals surface area contributed by atoms with E-state index >= 15 is 0 Å². The Morgan fingerprint density at radius 2 is 2.06 bits per heavy atom. The molecule has 0 N–H and O–H groups in total. The summed E-state index contributed by atoms with van der Waals surface area (Å²) in [6, 6.07) is 4.17. The molecule has 0 fully saturated rings. The van der Waals surface area contributed by atoms with Crippen molar-refractivity contribution in [2.24, 2.45) is 0 Å². The molecule has 4 heteroatoms. The van der Waals surface area contributed by atoms with E-state index < -0.39 is 11.8 Å². The highest BCUT2D eigenvalue weighted by molar-refractivity contribution is 5.89. The lowest BCUT2D eigenvalue weighted by molar-refractivity contribution is 0.0503. The highest BCUT2D eigenvalue weighted by Crippen LogP contribution is 2.20. The van der Waals surface area contributed by atoms with E-state index in [1.54, 1.807) is 6.07 Å². The number of benzene rings is 1. The fourth-order valence-corrected chi connectivity index (χ4v) is 1.59. The standard InChI is InChI=1S/C14H19FO3/c1-4-6-18-14(16)12-7-11(8-13(15)9-12)10(3)17-5-2/h7-10H,4-6H2,1-3H3/t10-/m0/s1. The summed E-state index contributed by atoms with van der Waals surface area (Å²) in [5.41, 5.74) is 0.866. The first-order valence-electron chi connectivity index (χ1n) is 6.17. The van der Waals surface area contributed by atoms with Crippen LogP contribution in [0.25, 0.3) is 0 Å². The van der Waals surface area contributed by atoms with Crippen molar-refractivity contribution in [2.75, 3.05) is 13.2 Å². The monoisotopic (exact) mass is 254 g/mol. The van der Waals surface area contributed by atoms with Crippen LogP contribution in [0.1, 0.15) is 49.2 Å². The van der Waals surface area contributed by atoms with Crippen LogP contribution in [0.3, 0.4) is 0 Å². The molecule has 0 amide bonds. The van der Waals surface area contributed by atoms with Crippen molar-refractivity contribution < 1.29 is 18.7 Å². The maximum atomic E-state index is 13.4. The van der Waals surface area contributed by atoms with Gasteiger partial charge in [-0.25, -0.2) is 9.18 Å². The predicted octanol–water partition coefficient (Wildman–Crippen LogP) is 3.49. The quantitative estimate of drug-likeness (QED) is 0.729. The predicted molar refractivity (Wildman–Crippen MR) is 67.0 cm³/mol. The Labute approximate surface area is 107 Å². The number of rotatable bonds is 6. The van der Waals surface area contributed by atoms with Crippen LogP contribution < -0.4 is 0 Å². The van der Waals surface area contributed by atoms with E-state index in [0.29, 0.717) is 18.8 Å². The van der Waals surface area contributed by atoms with E-state index in [1.807, 2.05) is 20.8 Å². The average Bonchev–Trinajstić information content (AvgIpc) is 2.35. The molecule has 0 saturated carbocycles. The maximum absolute atomic E-state index is 13.4. The molecule has 1 rings (SSSR count). The SMILES string of the molecule is CCCOC(=O)c1cc(F)cc([C@H](C)OCC)c1. The molecule has 1 aromatic rings. The fourth-order valence-electron chi connectivity index (χ4n) is 1.59. The summed E-state index contributed by atoms with van der Waals surface area (Å²) >= 11 is 0. The minimum Gasteiger partial charge on any atom is -0.462 e. The molecule has 100 valence electrons. The van der Waals surface area contributed by atoms with E-state index in [1.165, 1.54) is 12.1 Å². The molecule has 0 aliphatic heterocycles. The van der Waals surface area contributed by atoms with Gasteiger partial charge in [0.1, 0.15) is 5.82 Å². The van der Waals surface area contributed by atoms with Gasteiger partial charge >= 0.3 is 5.97 Å². The molecule has 0 heterocycles. The van der Waals surface area contributed by atoms with E-state index in [-0.39, 0.29) is 11.7 Å². The summed E-state index contributed by atoms with van der Waals surface area (Å²) < 4.78 is 23.8. The van der Waals surface area contributed by atoms with E-state index in [0.717, 1.165) is 6.42 Å². The molecule has 0 unspecified atom stereocenters. The first kappa shape index (κ1) is 14.6. The number of carbonyl (C=O) groups is 1. The Hall–Kier alpha value is -1.42. The van der Waals surface area contributed by atoms with Gasteiger partial charge in [0, 0.05) is 6.61 Å². The molecule has 3 nitrogen and oxygen atoms in total. The van der Waals surface area contributed by atoms with E-state index in [4.69, 9.17) is 9.47 Å². The summed E-state index contributed by atoms with van der Waals surface area (Å²) in [7, 11) is 0. The second kappa shape index (κ2) is 7.11. The van der Waals surface area contributed by atoms with E-state index in [2.05, 4.69) is 0 Å². The number of halogens is 1. The maximum Gasteiger partial charge on any atom is 0.338 e. The second-order valence-corrected chi connectivity index (χ2v) is 4.01. The van der Waals surface area contributed by atoms with Crippen molar-refractivity contribution in [1.29, 1.82) is 0 Å². The van der Waals surface area contributed by atoms with Gasteiger partial charge in [0.25, 0.3) is 0 Å². The number of hydrogen-bond acceptors (Lipinski definition) is 3. The first-order chi connectivity index (χ1) is 8.58. The summed E-state index contributed by atoms with van der Waals surface area (Å²) in [6.07, 6.45) is 0.493. The average molecular weight is 254 g/mol. The van der Waals surface area contributed by atoms with Gasteiger partial charge in [0.05, 0.1) is 18.3 Å². The summed E-state index contributed by atoms with van der Waals surface area (Å²) in [5.74, 6) is -0.955. The summed E-state index contributed by atoms with van der Waals surface area (Å²) in [5, 5.41) is 0. The van der Waals surface area contributed by atoms with Gasteiger partial charge in [-0.15, -0.1) is 0 Å². The van der Waals surface area contributed by atoms with Gasteiger partial charge in [-0.05, 0) is 44.0 Å². The largest absolute Gasteiger partial charge is 0.462 e. The van der Waals surface area contributed by atoms with Crippen LogP contribution in [0.15, 0.2) is 18.2 Å². The number of ether oxygens (including phenoxy) is 2. The topological polar surface area (TPSA) is 35.5 Å². The highest BCUT2D eigenvalue weighted by atomic mass is 19.1. The fraction of sp³-hybridized carbons (Fsp3) is 0.500. The van der Waals surface area contributed by atoms with Crippen molar-refractivity contribution in [3.63, 3.8) is 0 Å². The summed E-state index contributed by atoms with van der Waals surface area (Å²) in [6.45, 7) is 6.46. The zero-order valence-electron chi connectivity index (χ0n) is 11.0. The Morgan fingerprint density at radius 3 is 2.67 bits per heavy atom. The number of esters is 1. The Bertz CT molecular complexity index is 404. The molecule has 0 radical (unpaired) electrons. The van der Waals surface area contributed by atoms with E-state index in [9.17, 15) is 9.18 Å². The number of carbonyl (C=O) groups excluding carboxylic acids is 1. The molecule has 0 aliphatic carbocycles. The third-order valence-corrected chi connectivity index (χ3v) is 2.48.